The van der Waals surface area contributed by atoms with E-state index < -0.39 is 5.82 Å². The number of carbonyl (C=O) groups is 1. The van der Waals surface area contributed by atoms with Gasteiger partial charge in [0, 0.05) is 49.0 Å². The van der Waals surface area contributed by atoms with E-state index in [0.717, 1.165) is 16.5 Å². The zero-order chi connectivity index (χ0) is 27.9. The van der Waals surface area contributed by atoms with E-state index >= 15 is 4.39 Å². The third kappa shape index (κ3) is 6.81. The molecular weight excluding hydrogens is 503 g/mol. The molecular formula is C30H33FN2O6. The smallest absolute Gasteiger partial charge is 0.310 e. The summed E-state index contributed by atoms with van der Waals surface area (Å²) in [7, 11) is 3.14. The van der Waals surface area contributed by atoms with E-state index in [9.17, 15) is 4.79 Å². The Morgan fingerprint density at radius 1 is 1.08 bits per heavy atom. The lowest BCUT2D eigenvalue weighted by Gasteiger charge is -2.15. The number of benzene rings is 2. The fourth-order valence-electron chi connectivity index (χ4n) is 4.40. The number of carbonyl (C=O) groups excluding carboxylic acids is 1. The van der Waals surface area contributed by atoms with Gasteiger partial charge in [0.2, 0.25) is 0 Å². The molecule has 2 heterocycles. The molecule has 0 saturated carbocycles. The van der Waals surface area contributed by atoms with Crippen LogP contribution in [-0.2, 0) is 45.2 Å². The van der Waals surface area contributed by atoms with Crippen LogP contribution in [-0.4, -0.2) is 37.9 Å². The number of hydrogen-bond donors (Lipinski definition) is 1. The van der Waals surface area contributed by atoms with Gasteiger partial charge in [-0.1, -0.05) is 12.1 Å². The first-order valence-corrected chi connectivity index (χ1v) is 12.6. The van der Waals surface area contributed by atoms with Gasteiger partial charge < -0.3 is 29.1 Å². The summed E-state index contributed by atoms with van der Waals surface area (Å²) in [6.07, 6.45) is 1.23. The van der Waals surface area contributed by atoms with Crippen molar-refractivity contribution < 1.29 is 32.5 Å². The summed E-state index contributed by atoms with van der Waals surface area (Å²) in [6.45, 7) is 4.47. The van der Waals surface area contributed by atoms with E-state index in [1.807, 2.05) is 43.3 Å². The molecule has 0 radical (unpaired) electrons. The van der Waals surface area contributed by atoms with Crippen molar-refractivity contribution in [2.75, 3.05) is 20.8 Å². The molecule has 8 nitrogen and oxygen atoms in total. The summed E-state index contributed by atoms with van der Waals surface area (Å²) in [6, 6.07) is 12.9. The van der Waals surface area contributed by atoms with Crippen molar-refractivity contribution in [3.05, 3.63) is 82.6 Å². The molecule has 0 aliphatic heterocycles. The predicted octanol–water partition coefficient (Wildman–Crippen LogP) is 5.25. The summed E-state index contributed by atoms with van der Waals surface area (Å²) < 4.78 is 43.2. The van der Waals surface area contributed by atoms with Gasteiger partial charge in [0.15, 0.2) is 5.82 Å². The molecule has 39 heavy (non-hydrogen) atoms. The van der Waals surface area contributed by atoms with Crippen molar-refractivity contribution in [3.63, 3.8) is 0 Å². The third-order valence-electron chi connectivity index (χ3n) is 6.14. The predicted molar refractivity (Wildman–Crippen MR) is 145 cm³/mol. The van der Waals surface area contributed by atoms with Gasteiger partial charge in [-0.15, -0.1) is 0 Å². The zero-order valence-electron chi connectivity index (χ0n) is 22.6. The molecule has 0 bridgehead atoms. The molecule has 1 unspecified atom stereocenters. The van der Waals surface area contributed by atoms with Gasteiger partial charge in [-0.25, -0.2) is 4.39 Å². The number of halogens is 1. The van der Waals surface area contributed by atoms with Crippen molar-refractivity contribution in [2.45, 2.75) is 46.1 Å². The molecule has 206 valence electrons. The third-order valence-corrected chi connectivity index (χ3v) is 6.14. The highest BCUT2D eigenvalue weighted by molar-refractivity contribution is 5.93. The average Bonchev–Trinajstić information content (AvgIpc) is 3.31. The molecule has 0 aliphatic carbocycles. The van der Waals surface area contributed by atoms with Crippen molar-refractivity contribution in [2.24, 2.45) is 5.73 Å². The Hall–Kier alpha value is -3.79. The molecule has 2 aromatic heterocycles. The molecule has 0 spiro atoms. The van der Waals surface area contributed by atoms with Gasteiger partial charge in [0.1, 0.15) is 36.4 Å². The average molecular weight is 537 g/mol. The number of fused-ring (bicyclic) bond motifs is 1. The van der Waals surface area contributed by atoms with E-state index in [0.29, 0.717) is 40.4 Å². The summed E-state index contributed by atoms with van der Waals surface area (Å²) >= 11 is 0. The second-order valence-electron chi connectivity index (χ2n) is 9.36. The molecule has 1 atom stereocenters. The molecule has 0 saturated heterocycles. The minimum absolute atomic E-state index is 0.0263. The summed E-state index contributed by atoms with van der Waals surface area (Å²) in [5.74, 6) is 0.319. The van der Waals surface area contributed by atoms with Crippen molar-refractivity contribution in [1.29, 1.82) is 0 Å². The van der Waals surface area contributed by atoms with E-state index in [1.54, 1.807) is 27.2 Å². The van der Waals surface area contributed by atoms with E-state index in [-0.39, 0.29) is 43.9 Å². The van der Waals surface area contributed by atoms with Crippen LogP contribution in [0.3, 0.4) is 0 Å². The number of nitrogens with two attached hydrogens (primary N) is 1. The second kappa shape index (κ2) is 12.8. The van der Waals surface area contributed by atoms with Crippen LogP contribution in [0.15, 0.2) is 53.1 Å². The topological polar surface area (TPSA) is 106 Å². The Balaban J connectivity index is 1.65. The van der Waals surface area contributed by atoms with E-state index in [1.165, 1.54) is 6.20 Å². The van der Waals surface area contributed by atoms with Crippen LogP contribution in [0.5, 0.6) is 5.75 Å². The Morgan fingerprint density at radius 3 is 2.64 bits per heavy atom. The van der Waals surface area contributed by atoms with Crippen LogP contribution in [0.25, 0.3) is 22.1 Å². The van der Waals surface area contributed by atoms with Crippen LogP contribution >= 0.6 is 0 Å². The fourth-order valence-corrected chi connectivity index (χ4v) is 4.40. The maximum absolute atomic E-state index is 15.3. The maximum Gasteiger partial charge on any atom is 0.310 e. The SMILES string of the molecule is COCc1cc2cc(COc3cc(C)ccc3CC(=O)OC(C)COC)cc(-c3ccnc(CN)c3F)c2o1. The highest BCUT2D eigenvalue weighted by Crippen LogP contribution is 2.35. The highest BCUT2D eigenvalue weighted by atomic mass is 19.1. The van der Waals surface area contributed by atoms with Gasteiger partial charge in [-0.2, -0.15) is 0 Å². The number of aryl methyl sites for hydroxylation is 1. The minimum Gasteiger partial charge on any atom is -0.489 e. The molecule has 0 amide bonds. The first-order chi connectivity index (χ1) is 18.8. The second-order valence-corrected chi connectivity index (χ2v) is 9.36. The van der Waals surface area contributed by atoms with Gasteiger partial charge in [-0.3, -0.25) is 9.78 Å². The molecule has 0 fully saturated rings. The lowest BCUT2D eigenvalue weighted by Crippen LogP contribution is -2.21. The molecule has 2 aromatic carbocycles. The Labute approximate surface area is 226 Å². The summed E-state index contributed by atoms with van der Waals surface area (Å²) in [4.78, 5) is 16.5. The van der Waals surface area contributed by atoms with Gasteiger partial charge in [0.05, 0.1) is 18.7 Å². The van der Waals surface area contributed by atoms with Crippen LogP contribution in [0.4, 0.5) is 4.39 Å². The number of pyridine rings is 1. The van der Waals surface area contributed by atoms with Gasteiger partial charge in [-0.05, 0) is 55.3 Å². The number of hydrogen-bond acceptors (Lipinski definition) is 8. The van der Waals surface area contributed by atoms with Crippen molar-refractivity contribution >= 4 is 16.9 Å². The molecule has 0 aliphatic rings. The number of ether oxygens (including phenoxy) is 4. The normalized spacial score (nSPS) is 12.1. The lowest BCUT2D eigenvalue weighted by atomic mass is 10.00. The molecule has 4 rings (SSSR count). The standard InChI is InChI=1S/C30H33FN2O6/c1-18-5-6-21(13-28(34)38-19(2)15-35-3)27(9-18)37-16-20-10-22-12-23(17-36-4)39-30(22)25(11-20)24-7-8-33-26(14-32)29(24)31/h5-12,19H,13-17,32H2,1-4H3. The van der Waals surface area contributed by atoms with Crippen LogP contribution in [0.2, 0.25) is 0 Å². The Kier molecular flexibility index (Phi) is 9.29. The monoisotopic (exact) mass is 536 g/mol. The van der Waals surface area contributed by atoms with Gasteiger partial charge >= 0.3 is 5.97 Å². The van der Waals surface area contributed by atoms with Crippen LogP contribution in [0.1, 0.15) is 35.1 Å². The van der Waals surface area contributed by atoms with Crippen LogP contribution in [0, 0.1) is 12.7 Å². The Morgan fingerprint density at radius 2 is 1.90 bits per heavy atom. The van der Waals surface area contributed by atoms with Gasteiger partial charge in [0.25, 0.3) is 0 Å². The Bertz CT molecular complexity index is 1450. The molecule has 2 N–H and O–H groups in total. The minimum atomic E-state index is -0.494. The van der Waals surface area contributed by atoms with E-state index in [2.05, 4.69) is 4.98 Å². The summed E-state index contributed by atoms with van der Waals surface area (Å²) in [5, 5.41) is 0.781. The first-order valence-electron chi connectivity index (χ1n) is 12.6. The van der Waals surface area contributed by atoms with E-state index in [4.69, 9.17) is 29.1 Å². The van der Waals surface area contributed by atoms with Crippen molar-refractivity contribution in [1.82, 2.24) is 4.98 Å². The fraction of sp³-hybridized carbons (Fsp3) is 0.333. The number of nitrogens with zero attached hydrogens (tertiary/aromatic N) is 1. The highest BCUT2D eigenvalue weighted by Gasteiger charge is 2.19. The number of esters is 1. The van der Waals surface area contributed by atoms with Crippen molar-refractivity contribution in [3.8, 4) is 16.9 Å². The number of furan rings is 1. The van der Waals surface area contributed by atoms with Crippen LogP contribution < -0.4 is 10.5 Å². The summed E-state index contributed by atoms with van der Waals surface area (Å²) in [5.41, 5.74) is 9.76. The largest absolute Gasteiger partial charge is 0.489 e. The number of aromatic nitrogens is 1. The number of rotatable bonds is 12. The molecule has 4 aromatic rings. The maximum atomic E-state index is 15.3. The zero-order valence-corrected chi connectivity index (χ0v) is 22.6. The lowest BCUT2D eigenvalue weighted by molar-refractivity contribution is -0.149. The quantitative estimate of drug-likeness (QED) is 0.245. The number of methoxy groups -OCH3 is 2. The first kappa shape index (κ1) is 28.2. The molecule has 9 heteroatoms.